The normalized spacial score (nSPS) is 35.7. The van der Waals surface area contributed by atoms with E-state index >= 15 is 0 Å². The summed E-state index contributed by atoms with van der Waals surface area (Å²) in [6.07, 6.45) is -10.4. The number of aliphatic hydroxyl groups is 4. The van der Waals surface area contributed by atoms with Crippen LogP contribution in [0.5, 0.6) is 0 Å². The van der Waals surface area contributed by atoms with Crippen LogP contribution in [0.25, 0.3) is 0 Å². The van der Waals surface area contributed by atoms with Crippen LogP contribution in [0.1, 0.15) is 25.3 Å². The van der Waals surface area contributed by atoms with Gasteiger partial charge in [0.1, 0.15) is 18.3 Å². The summed E-state index contributed by atoms with van der Waals surface area (Å²) in [6, 6.07) is 8.97. The number of fused-ring (bicyclic) bond motifs is 2. The Balaban J connectivity index is 1.87. The van der Waals surface area contributed by atoms with Gasteiger partial charge in [-0.05, 0) is 17.9 Å². The summed E-state index contributed by atoms with van der Waals surface area (Å²) in [4.78, 5) is 48.3. The lowest BCUT2D eigenvalue weighted by atomic mass is 9.74. The number of Topliss-reactive ketones (excluding diaryl/α,β-unsaturated/α-hetero) is 1. The van der Waals surface area contributed by atoms with Crippen molar-refractivity contribution in [1.82, 2.24) is 0 Å². The van der Waals surface area contributed by atoms with E-state index in [1.54, 1.807) is 37.3 Å². The van der Waals surface area contributed by atoms with Gasteiger partial charge in [-0.3, -0.25) is 4.79 Å². The fourth-order valence-corrected chi connectivity index (χ4v) is 4.68. The Morgan fingerprint density at radius 1 is 1.00 bits per heavy atom. The molecule has 8 unspecified atom stereocenters. The molecule has 0 saturated carbocycles. The first-order valence-electron chi connectivity index (χ1n) is 10.7. The molecule has 35 heavy (non-hydrogen) atoms. The number of benzene rings is 1. The van der Waals surface area contributed by atoms with E-state index in [1.807, 2.05) is 0 Å². The smallest absolute Gasteiger partial charge is 0.343 e. The molecular formula is C22H26O13. The molecule has 0 aromatic heterocycles. The molecule has 2 saturated heterocycles. The molecule has 2 aliphatic heterocycles. The summed E-state index contributed by atoms with van der Waals surface area (Å²) < 4.78 is 10.2. The van der Waals surface area contributed by atoms with E-state index < -0.39 is 83.9 Å². The molecule has 0 spiro atoms. The molecule has 7 N–H and O–H groups in total. The van der Waals surface area contributed by atoms with Crippen LogP contribution < -0.4 is 0 Å². The second-order valence-electron chi connectivity index (χ2n) is 8.83. The number of ether oxygens (including phenoxy) is 2. The predicted octanol–water partition coefficient (Wildman–Crippen LogP) is -1.85. The van der Waals surface area contributed by atoms with Crippen molar-refractivity contribution in [3.8, 4) is 0 Å². The number of hydrogen-bond donors (Lipinski definition) is 7. The summed E-state index contributed by atoms with van der Waals surface area (Å²) in [7, 11) is 0. The Hall–Kier alpha value is -2.94. The molecule has 1 aromatic carbocycles. The molecule has 192 valence electrons. The third kappa shape index (κ3) is 3.99. The third-order valence-corrected chi connectivity index (χ3v) is 6.62. The van der Waals surface area contributed by atoms with Gasteiger partial charge in [0, 0.05) is 12.8 Å². The zero-order valence-corrected chi connectivity index (χ0v) is 18.5. The van der Waals surface area contributed by atoms with Crippen LogP contribution in [0, 0.1) is 5.92 Å². The molecule has 2 fully saturated rings. The molecule has 0 radical (unpaired) electrons. The van der Waals surface area contributed by atoms with E-state index in [4.69, 9.17) is 9.47 Å². The van der Waals surface area contributed by atoms with Gasteiger partial charge in [-0.15, -0.1) is 0 Å². The number of carbonyl (C=O) groups excluding carboxylic acids is 1. The number of rotatable bonds is 10. The predicted molar refractivity (Wildman–Crippen MR) is 111 cm³/mol. The van der Waals surface area contributed by atoms with Gasteiger partial charge in [0.05, 0.1) is 0 Å². The van der Waals surface area contributed by atoms with E-state index in [0.717, 1.165) is 5.56 Å². The highest BCUT2D eigenvalue weighted by molar-refractivity contribution is 5.97. The van der Waals surface area contributed by atoms with E-state index in [2.05, 4.69) is 0 Å². The van der Waals surface area contributed by atoms with Crippen molar-refractivity contribution in [3.63, 3.8) is 0 Å². The van der Waals surface area contributed by atoms with E-state index in [-0.39, 0.29) is 0 Å². The molecular weight excluding hydrogens is 472 g/mol. The maximum atomic E-state index is 12.7. The van der Waals surface area contributed by atoms with Gasteiger partial charge >= 0.3 is 17.9 Å². The number of hydrogen-bond acceptors (Lipinski definition) is 10. The highest BCUT2D eigenvalue weighted by atomic mass is 16.8. The van der Waals surface area contributed by atoms with Gasteiger partial charge in [0.2, 0.25) is 17.3 Å². The first-order chi connectivity index (χ1) is 16.2. The zero-order chi connectivity index (χ0) is 26.3. The molecule has 0 amide bonds. The minimum Gasteiger partial charge on any atom is -0.479 e. The van der Waals surface area contributed by atoms with Crippen LogP contribution in [-0.2, 0) is 35.1 Å². The zero-order valence-electron chi connectivity index (χ0n) is 18.5. The van der Waals surface area contributed by atoms with Crippen LogP contribution >= 0.6 is 0 Å². The Bertz CT molecular complexity index is 1010. The van der Waals surface area contributed by atoms with Crippen LogP contribution in [0.4, 0.5) is 0 Å². The van der Waals surface area contributed by atoms with Crippen LogP contribution in [-0.4, -0.2) is 101 Å². The number of ketones is 1. The van der Waals surface area contributed by atoms with Crippen LogP contribution in [0.15, 0.2) is 30.3 Å². The quantitative estimate of drug-likeness (QED) is 0.188. The number of carbonyl (C=O) groups is 4. The molecule has 2 heterocycles. The summed E-state index contributed by atoms with van der Waals surface area (Å²) in [5, 5.41) is 70.9. The van der Waals surface area contributed by atoms with Crippen molar-refractivity contribution < 1.29 is 64.4 Å². The van der Waals surface area contributed by atoms with E-state index in [0.29, 0.717) is 6.42 Å². The lowest BCUT2D eigenvalue weighted by molar-refractivity contribution is -0.373. The highest BCUT2D eigenvalue weighted by Gasteiger charge is 2.84. The topological polar surface area (TPSA) is 228 Å². The van der Waals surface area contributed by atoms with Gasteiger partial charge in [-0.25, -0.2) is 14.4 Å². The monoisotopic (exact) mass is 498 g/mol. The van der Waals surface area contributed by atoms with E-state index in [1.165, 1.54) is 0 Å². The van der Waals surface area contributed by atoms with E-state index in [9.17, 15) is 54.9 Å². The molecule has 8 atom stereocenters. The second kappa shape index (κ2) is 9.26. The lowest BCUT2D eigenvalue weighted by Crippen LogP contribution is -2.77. The molecule has 2 bridgehead atoms. The summed E-state index contributed by atoms with van der Waals surface area (Å²) in [6.45, 7) is 1.61. The minimum absolute atomic E-state index is 0.335. The third-order valence-electron chi connectivity index (χ3n) is 6.62. The van der Waals surface area contributed by atoms with Crippen LogP contribution in [0.3, 0.4) is 0 Å². The highest BCUT2D eigenvalue weighted by Crippen LogP contribution is 2.54. The average Bonchev–Trinajstić information content (AvgIpc) is 3.00. The van der Waals surface area contributed by atoms with Crippen molar-refractivity contribution in [2.45, 2.75) is 67.6 Å². The summed E-state index contributed by atoms with van der Waals surface area (Å²) in [5.41, 5.74) is -6.54. The Morgan fingerprint density at radius 3 is 2.11 bits per heavy atom. The van der Waals surface area contributed by atoms with Gasteiger partial charge in [-0.2, -0.15) is 0 Å². The van der Waals surface area contributed by atoms with Crippen molar-refractivity contribution >= 4 is 23.7 Å². The maximum absolute atomic E-state index is 12.7. The standard InChI is InChI=1S/C22H26O13/c1-10(9-11-5-3-2-4-6-11)13(24)12(23)7-8-20-14(25)15(26)22(35-20,19(31)32)21(33,18(29)30)16(34-20)17(27)28/h2-6,10,13-16,24-26,33H,7-9H2,1H3,(H,27,28)(H,29,30)(H,31,32). The summed E-state index contributed by atoms with van der Waals surface area (Å²) in [5.74, 6) is -10.8. The van der Waals surface area contributed by atoms with Gasteiger partial charge in [0.15, 0.2) is 11.6 Å². The second-order valence-corrected chi connectivity index (χ2v) is 8.83. The molecule has 0 aliphatic carbocycles. The first kappa shape index (κ1) is 26.7. The van der Waals surface area contributed by atoms with Crippen molar-refractivity contribution in [2.75, 3.05) is 0 Å². The lowest BCUT2D eigenvalue weighted by Gasteiger charge is -2.48. The van der Waals surface area contributed by atoms with Crippen LogP contribution in [0.2, 0.25) is 0 Å². The molecule has 13 nitrogen and oxygen atoms in total. The van der Waals surface area contributed by atoms with Crippen molar-refractivity contribution in [2.24, 2.45) is 5.92 Å². The SMILES string of the molecule is CC(Cc1ccccc1)C(O)C(=O)CCC12OC(C(=O)O)C(O)(C(=O)O)C(C(=O)O)(O1)C(O)C2O. The van der Waals surface area contributed by atoms with Crippen molar-refractivity contribution in [3.05, 3.63) is 35.9 Å². The molecule has 1 aromatic rings. The molecule has 13 heteroatoms. The summed E-state index contributed by atoms with van der Waals surface area (Å²) >= 11 is 0. The van der Waals surface area contributed by atoms with Crippen molar-refractivity contribution in [1.29, 1.82) is 0 Å². The Kier molecular flexibility index (Phi) is 7.05. The molecule has 3 rings (SSSR count). The average molecular weight is 498 g/mol. The largest absolute Gasteiger partial charge is 0.479 e. The fraction of sp³-hybridized carbons (Fsp3) is 0.545. The fourth-order valence-electron chi connectivity index (χ4n) is 4.68. The van der Waals surface area contributed by atoms with Gasteiger partial charge in [-0.1, -0.05) is 37.3 Å². The first-order valence-corrected chi connectivity index (χ1v) is 10.7. The number of carboxylic acids is 3. The van der Waals surface area contributed by atoms with Gasteiger partial charge < -0.3 is 45.2 Å². The number of aliphatic carboxylic acids is 3. The minimum atomic E-state index is -3.85. The Morgan fingerprint density at radius 2 is 1.60 bits per heavy atom. The Labute approximate surface area is 198 Å². The number of aliphatic hydroxyl groups excluding tert-OH is 3. The van der Waals surface area contributed by atoms with Gasteiger partial charge in [0.25, 0.3) is 0 Å². The maximum Gasteiger partial charge on any atom is 0.343 e. The number of carboxylic acid groups (broad SMARTS) is 3. The molecule has 2 aliphatic rings.